The van der Waals surface area contributed by atoms with Gasteiger partial charge in [-0.3, -0.25) is 9.36 Å². The predicted molar refractivity (Wildman–Crippen MR) is 108 cm³/mol. The average molecular weight is 369 g/mol. The molecule has 1 aromatic carbocycles. The molecule has 0 amide bonds. The van der Waals surface area contributed by atoms with Crippen molar-refractivity contribution >= 4 is 21.9 Å². The summed E-state index contributed by atoms with van der Waals surface area (Å²) in [5.41, 5.74) is 2.41. The molecule has 1 saturated heterocycles. The minimum atomic E-state index is 0.0241. The van der Waals surface area contributed by atoms with E-state index in [2.05, 4.69) is 21.8 Å². The summed E-state index contributed by atoms with van der Waals surface area (Å²) in [4.78, 5) is 22.5. The molecule has 0 spiro atoms. The summed E-state index contributed by atoms with van der Waals surface area (Å²) in [6.07, 6.45) is 2.64. The highest BCUT2D eigenvalue weighted by Gasteiger charge is 2.16. The van der Waals surface area contributed by atoms with Crippen LogP contribution in [-0.2, 0) is 13.6 Å². The molecule has 27 heavy (non-hydrogen) atoms. The lowest BCUT2D eigenvalue weighted by Gasteiger charge is -2.32. The van der Waals surface area contributed by atoms with Crippen molar-refractivity contribution in [2.75, 3.05) is 46.9 Å². The second-order valence-electron chi connectivity index (χ2n) is 7.38. The van der Waals surface area contributed by atoms with Gasteiger partial charge in [0.2, 0.25) is 0 Å². The summed E-state index contributed by atoms with van der Waals surface area (Å²) in [7, 11) is 5.74. The highest BCUT2D eigenvalue weighted by Crippen LogP contribution is 2.27. The van der Waals surface area contributed by atoms with Gasteiger partial charge in [0.15, 0.2) is 0 Å². The zero-order chi connectivity index (χ0) is 19.0. The Balaban J connectivity index is 1.58. The van der Waals surface area contributed by atoms with Gasteiger partial charge in [-0.05, 0) is 38.2 Å². The zero-order valence-electron chi connectivity index (χ0n) is 16.3. The van der Waals surface area contributed by atoms with Gasteiger partial charge in [0.25, 0.3) is 5.56 Å². The summed E-state index contributed by atoms with van der Waals surface area (Å²) < 4.78 is 9.01. The number of fused-ring (bicyclic) bond motifs is 3. The van der Waals surface area contributed by atoms with Crippen LogP contribution in [0.1, 0.15) is 6.42 Å². The van der Waals surface area contributed by atoms with Crippen LogP contribution in [0, 0.1) is 0 Å². The third-order valence-electron chi connectivity index (χ3n) is 5.64. The van der Waals surface area contributed by atoms with Gasteiger partial charge in [-0.1, -0.05) is 0 Å². The molecule has 3 aromatic rings. The number of hydrogen-bond donors (Lipinski definition) is 0. The van der Waals surface area contributed by atoms with Crippen LogP contribution in [0.15, 0.2) is 29.3 Å². The monoisotopic (exact) mass is 369 g/mol. The number of hydrogen-bond acceptors (Lipinski definition) is 5. The average Bonchev–Trinajstić information content (AvgIpc) is 2.97. The lowest BCUT2D eigenvalue weighted by molar-refractivity contribution is 0.151. The Kier molecular flexibility index (Phi) is 4.88. The van der Waals surface area contributed by atoms with Crippen molar-refractivity contribution in [2.45, 2.75) is 13.0 Å². The second kappa shape index (κ2) is 7.32. The number of methoxy groups -OCH3 is 1. The van der Waals surface area contributed by atoms with Crippen LogP contribution in [-0.4, -0.2) is 70.8 Å². The van der Waals surface area contributed by atoms with Crippen LogP contribution >= 0.6 is 0 Å². The number of likely N-dealkylation sites (N-methyl/N-ethyl adjacent to an activating group) is 1. The minimum Gasteiger partial charge on any atom is -0.497 e. The maximum atomic E-state index is 13.0. The fourth-order valence-corrected chi connectivity index (χ4v) is 3.92. The largest absolute Gasteiger partial charge is 0.497 e. The topological polar surface area (TPSA) is 55.5 Å². The van der Waals surface area contributed by atoms with E-state index in [0.29, 0.717) is 12.1 Å². The maximum absolute atomic E-state index is 13.0. The number of ether oxygens (including phenoxy) is 1. The summed E-state index contributed by atoms with van der Waals surface area (Å²) in [6, 6.07) is 5.84. The molecule has 4 rings (SSSR count). The zero-order valence-corrected chi connectivity index (χ0v) is 16.3. The van der Waals surface area contributed by atoms with E-state index in [0.717, 1.165) is 61.3 Å². The fraction of sp³-hybridized carbons (Fsp3) is 0.500. The fourth-order valence-electron chi connectivity index (χ4n) is 3.92. The Hall–Kier alpha value is -2.38. The first kappa shape index (κ1) is 18.0. The molecule has 144 valence electrons. The molecule has 1 aliphatic heterocycles. The maximum Gasteiger partial charge on any atom is 0.277 e. The van der Waals surface area contributed by atoms with Crippen molar-refractivity contribution in [3.8, 4) is 5.75 Å². The molecule has 7 heteroatoms. The molecule has 3 heterocycles. The van der Waals surface area contributed by atoms with Crippen molar-refractivity contribution in [3.05, 3.63) is 34.9 Å². The Morgan fingerprint density at radius 3 is 2.63 bits per heavy atom. The Labute approximate surface area is 158 Å². The number of benzene rings is 1. The molecule has 0 unspecified atom stereocenters. The number of rotatable bonds is 5. The van der Waals surface area contributed by atoms with E-state index in [1.54, 1.807) is 18.0 Å². The van der Waals surface area contributed by atoms with Gasteiger partial charge in [-0.25, -0.2) is 4.98 Å². The van der Waals surface area contributed by atoms with Crippen molar-refractivity contribution in [1.82, 2.24) is 23.9 Å². The first-order valence-electron chi connectivity index (χ1n) is 9.51. The molecule has 0 radical (unpaired) electrons. The second-order valence-corrected chi connectivity index (χ2v) is 7.38. The molecule has 1 aliphatic rings. The summed E-state index contributed by atoms with van der Waals surface area (Å²) >= 11 is 0. The number of nitrogens with zero attached hydrogens (tertiary/aromatic N) is 5. The summed E-state index contributed by atoms with van der Waals surface area (Å²) in [5, 5.41) is 0.952. The quantitative estimate of drug-likeness (QED) is 0.683. The van der Waals surface area contributed by atoms with Crippen LogP contribution in [0.3, 0.4) is 0 Å². The third kappa shape index (κ3) is 3.33. The van der Waals surface area contributed by atoms with Crippen molar-refractivity contribution in [1.29, 1.82) is 0 Å². The smallest absolute Gasteiger partial charge is 0.277 e. The SMILES string of the molecule is COc1ccc2c(c1)c1ncn(CCCN3CCN(C)CC3)c(=O)c1n2C. The van der Waals surface area contributed by atoms with E-state index >= 15 is 0 Å². The molecule has 0 N–H and O–H groups in total. The Morgan fingerprint density at radius 2 is 1.89 bits per heavy atom. The normalized spacial score (nSPS) is 16.4. The minimum absolute atomic E-state index is 0.0241. The van der Waals surface area contributed by atoms with Gasteiger partial charge >= 0.3 is 0 Å². The van der Waals surface area contributed by atoms with Gasteiger partial charge in [-0.2, -0.15) is 0 Å². The van der Waals surface area contributed by atoms with Crippen LogP contribution in [0.2, 0.25) is 0 Å². The first-order chi connectivity index (χ1) is 13.1. The van der Waals surface area contributed by atoms with Crippen molar-refractivity contribution in [2.24, 2.45) is 7.05 Å². The lowest BCUT2D eigenvalue weighted by Crippen LogP contribution is -2.44. The van der Waals surface area contributed by atoms with Gasteiger partial charge < -0.3 is 19.1 Å². The molecular formula is C20H27N5O2. The number of aromatic nitrogens is 3. The van der Waals surface area contributed by atoms with Crippen LogP contribution in [0.25, 0.3) is 21.9 Å². The Morgan fingerprint density at radius 1 is 1.11 bits per heavy atom. The molecule has 0 bridgehead atoms. The lowest BCUT2D eigenvalue weighted by atomic mass is 10.2. The number of aryl methyl sites for hydroxylation is 2. The van der Waals surface area contributed by atoms with Crippen molar-refractivity contribution in [3.63, 3.8) is 0 Å². The van der Waals surface area contributed by atoms with E-state index in [9.17, 15) is 4.79 Å². The molecule has 0 saturated carbocycles. The highest BCUT2D eigenvalue weighted by molar-refractivity contribution is 6.05. The first-order valence-corrected chi connectivity index (χ1v) is 9.51. The van der Waals surface area contributed by atoms with Crippen LogP contribution < -0.4 is 10.3 Å². The van der Waals surface area contributed by atoms with Gasteiger partial charge in [0.05, 0.1) is 19.0 Å². The van der Waals surface area contributed by atoms with E-state index in [1.807, 2.05) is 29.8 Å². The van der Waals surface area contributed by atoms with Gasteiger partial charge in [0.1, 0.15) is 16.8 Å². The van der Waals surface area contributed by atoms with Crippen LogP contribution in [0.4, 0.5) is 0 Å². The van der Waals surface area contributed by atoms with E-state index in [4.69, 9.17) is 4.74 Å². The predicted octanol–water partition coefficient (Wildman–Crippen LogP) is 1.53. The number of piperazine rings is 1. The van der Waals surface area contributed by atoms with Crippen LogP contribution in [0.5, 0.6) is 5.75 Å². The molecule has 2 aromatic heterocycles. The van der Waals surface area contributed by atoms with Gasteiger partial charge in [0, 0.05) is 45.2 Å². The molecule has 7 nitrogen and oxygen atoms in total. The molecule has 1 fully saturated rings. The Bertz CT molecular complexity index is 1010. The molecule has 0 aliphatic carbocycles. The van der Waals surface area contributed by atoms with E-state index in [1.165, 1.54) is 0 Å². The summed E-state index contributed by atoms with van der Waals surface area (Å²) in [5.74, 6) is 0.771. The standard InChI is InChI=1S/C20H27N5O2/c1-22-9-11-24(12-10-22)7-4-8-25-14-21-18-16-13-15(27-3)5-6-17(16)23(2)19(18)20(25)26/h5-6,13-14H,4,7-12H2,1-3H3. The third-order valence-corrected chi connectivity index (χ3v) is 5.64. The molecular weight excluding hydrogens is 342 g/mol. The van der Waals surface area contributed by atoms with E-state index in [-0.39, 0.29) is 5.56 Å². The molecule has 0 atom stereocenters. The summed E-state index contributed by atoms with van der Waals surface area (Å²) in [6.45, 7) is 6.16. The van der Waals surface area contributed by atoms with Crippen molar-refractivity contribution < 1.29 is 4.74 Å². The van der Waals surface area contributed by atoms with E-state index < -0.39 is 0 Å². The highest BCUT2D eigenvalue weighted by atomic mass is 16.5. The van der Waals surface area contributed by atoms with Gasteiger partial charge in [-0.15, -0.1) is 0 Å².